The Kier molecular flexibility index (Phi) is 7.41. The van der Waals surface area contributed by atoms with Gasteiger partial charge in [-0.05, 0) is 48.0 Å². The minimum Gasteiger partial charge on any atom is -0.478 e. The minimum absolute atomic E-state index is 0.0553. The molecule has 7 nitrogen and oxygen atoms in total. The lowest BCUT2D eigenvalue weighted by Gasteiger charge is -2.25. The highest BCUT2D eigenvalue weighted by atomic mass is 35.5. The minimum atomic E-state index is -5.03. The van der Waals surface area contributed by atoms with E-state index in [1.54, 1.807) is 0 Å². The Morgan fingerprint density at radius 3 is 2.19 bits per heavy atom. The molecule has 3 aromatic rings. The lowest BCUT2D eigenvalue weighted by molar-refractivity contribution is -0.274. The molecule has 0 saturated carbocycles. The fourth-order valence-corrected chi connectivity index (χ4v) is 4.69. The van der Waals surface area contributed by atoms with Crippen molar-refractivity contribution in [3.8, 4) is 5.75 Å². The van der Waals surface area contributed by atoms with Gasteiger partial charge in [0, 0.05) is 6.20 Å². The van der Waals surface area contributed by atoms with Crippen LogP contribution in [0.1, 0.15) is 21.5 Å². The van der Waals surface area contributed by atoms with E-state index in [1.165, 1.54) is 6.07 Å². The third-order valence-electron chi connectivity index (χ3n) is 4.53. The van der Waals surface area contributed by atoms with Gasteiger partial charge in [-0.25, -0.2) is 22.5 Å². The molecule has 0 fully saturated rings. The molecule has 0 radical (unpaired) electrons. The number of sulfonamides is 1. The molecule has 1 heterocycles. The van der Waals surface area contributed by atoms with Crippen LogP contribution in [-0.2, 0) is 22.7 Å². The van der Waals surface area contributed by atoms with Gasteiger partial charge in [-0.3, -0.25) is 0 Å². The molecule has 0 atom stereocenters. The number of aromatic carboxylic acids is 1. The summed E-state index contributed by atoms with van der Waals surface area (Å²) in [6.07, 6.45) is -9.52. The molecule has 15 heteroatoms. The zero-order chi connectivity index (χ0) is 26.9. The Bertz CT molecular complexity index is 1380. The summed E-state index contributed by atoms with van der Waals surface area (Å²) < 4.78 is 108. The van der Waals surface area contributed by atoms with Gasteiger partial charge in [-0.15, -0.1) is 13.2 Å². The molecule has 0 aliphatic heterocycles. The molecule has 1 N–H and O–H groups in total. The highest BCUT2D eigenvalue weighted by Crippen LogP contribution is 2.36. The van der Waals surface area contributed by atoms with E-state index in [4.69, 9.17) is 16.7 Å². The monoisotopic (exact) mass is 554 g/mol. The van der Waals surface area contributed by atoms with Crippen LogP contribution in [0.2, 0.25) is 5.02 Å². The van der Waals surface area contributed by atoms with Crippen LogP contribution >= 0.6 is 11.6 Å². The maximum absolute atomic E-state index is 13.4. The Morgan fingerprint density at radius 2 is 1.67 bits per heavy atom. The SMILES string of the molecule is O=C(O)c1ccc(S(=O)(=O)N(Cc2cccc(OC(F)(F)F)c2)c2ncc(C(F)(F)F)cc2Cl)cc1. The van der Waals surface area contributed by atoms with Gasteiger partial charge in [0.05, 0.1) is 27.6 Å². The number of hydrogen-bond acceptors (Lipinski definition) is 5. The quantitative estimate of drug-likeness (QED) is 0.374. The maximum atomic E-state index is 13.4. The third-order valence-corrected chi connectivity index (χ3v) is 6.56. The fourth-order valence-electron chi connectivity index (χ4n) is 2.95. The number of carbonyl (C=O) groups is 1. The van der Waals surface area contributed by atoms with E-state index in [1.807, 2.05) is 0 Å². The van der Waals surface area contributed by atoms with Crippen LogP contribution in [0.5, 0.6) is 5.75 Å². The zero-order valence-electron chi connectivity index (χ0n) is 17.5. The van der Waals surface area contributed by atoms with Crippen LogP contribution in [0, 0.1) is 0 Å². The number of hydrogen-bond donors (Lipinski definition) is 1. The Morgan fingerprint density at radius 1 is 1.03 bits per heavy atom. The largest absolute Gasteiger partial charge is 0.573 e. The van der Waals surface area contributed by atoms with Crippen molar-refractivity contribution in [3.63, 3.8) is 0 Å². The van der Waals surface area contributed by atoms with Crippen molar-refractivity contribution in [2.75, 3.05) is 4.31 Å². The number of pyridine rings is 1. The molecule has 0 bridgehead atoms. The number of nitrogens with zero attached hydrogens (tertiary/aromatic N) is 2. The second-order valence-electron chi connectivity index (χ2n) is 7.06. The van der Waals surface area contributed by atoms with Gasteiger partial charge in [0.1, 0.15) is 5.75 Å². The number of alkyl halides is 6. The first-order valence-corrected chi connectivity index (χ1v) is 11.3. The molecule has 192 valence electrons. The number of carboxylic acids is 1. The molecule has 36 heavy (non-hydrogen) atoms. The van der Waals surface area contributed by atoms with E-state index in [9.17, 15) is 39.6 Å². The van der Waals surface area contributed by atoms with Crippen molar-refractivity contribution in [1.29, 1.82) is 0 Å². The van der Waals surface area contributed by atoms with Gasteiger partial charge in [0.15, 0.2) is 5.82 Å². The molecule has 0 spiro atoms. The number of carboxylic acid groups (broad SMARTS) is 1. The van der Waals surface area contributed by atoms with Crippen molar-refractivity contribution in [1.82, 2.24) is 4.98 Å². The summed E-state index contributed by atoms with van der Waals surface area (Å²) in [5.74, 6) is -2.66. The summed E-state index contributed by atoms with van der Waals surface area (Å²) in [4.78, 5) is 14.1. The highest BCUT2D eigenvalue weighted by molar-refractivity contribution is 7.92. The molecule has 0 aliphatic rings. The van der Waals surface area contributed by atoms with Crippen molar-refractivity contribution >= 4 is 33.4 Å². The van der Waals surface area contributed by atoms with Crippen molar-refractivity contribution in [2.45, 2.75) is 24.0 Å². The number of rotatable bonds is 7. The predicted octanol–water partition coefficient (Wildman–Crippen LogP) is 5.75. The third kappa shape index (κ3) is 6.37. The standard InChI is InChI=1S/C21H13ClF6N2O5S/c22-17-9-14(20(23,24)25)10-29-18(17)30(11-12-2-1-3-15(8-12)35-21(26,27)28)36(33,34)16-6-4-13(5-7-16)19(31)32/h1-10H,11H2,(H,31,32). The summed E-state index contributed by atoms with van der Waals surface area (Å²) in [6, 6.07) is 8.51. The van der Waals surface area contributed by atoms with Crippen LogP contribution in [0.15, 0.2) is 65.7 Å². The molecular weight excluding hydrogens is 542 g/mol. The Balaban J connectivity index is 2.11. The second-order valence-corrected chi connectivity index (χ2v) is 9.33. The van der Waals surface area contributed by atoms with Crippen LogP contribution in [-0.4, -0.2) is 30.8 Å². The summed E-state index contributed by atoms with van der Waals surface area (Å²) in [6.45, 7) is -0.712. The lowest BCUT2D eigenvalue weighted by atomic mass is 10.2. The topological polar surface area (TPSA) is 96.8 Å². The number of aromatic nitrogens is 1. The number of halogens is 7. The summed E-state index contributed by atoms with van der Waals surface area (Å²) >= 11 is 5.96. The molecule has 0 unspecified atom stereocenters. The first-order valence-electron chi connectivity index (χ1n) is 9.51. The molecule has 3 rings (SSSR count). The zero-order valence-corrected chi connectivity index (χ0v) is 19.1. The van der Waals surface area contributed by atoms with Crippen molar-refractivity contribution in [3.05, 3.63) is 82.5 Å². The lowest BCUT2D eigenvalue weighted by Crippen LogP contribution is -2.32. The van der Waals surface area contributed by atoms with Gasteiger partial charge < -0.3 is 9.84 Å². The molecule has 0 saturated heterocycles. The summed E-state index contributed by atoms with van der Waals surface area (Å²) in [5.41, 5.74) is -1.57. The Labute approximate surface area is 204 Å². The first kappa shape index (κ1) is 27.1. The van der Waals surface area contributed by atoms with Gasteiger partial charge in [0.2, 0.25) is 0 Å². The fraction of sp³-hybridized carbons (Fsp3) is 0.143. The second kappa shape index (κ2) is 9.85. The molecule has 2 aromatic carbocycles. The van der Waals surface area contributed by atoms with E-state index in [0.29, 0.717) is 16.6 Å². The molecule has 0 amide bonds. The molecular formula is C21H13ClF6N2O5S. The van der Waals surface area contributed by atoms with E-state index < -0.39 is 62.1 Å². The van der Waals surface area contributed by atoms with Crippen LogP contribution in [0.4, 0.5) is 32.2 Å². The van der Waals surface area contributed by atoms with Crippen LogP contribution in [0.3, 0.4) is 0 Å². The first-order chi connectivity index (χ1) is 16.6. The number of ether oxygens (including phenoxy) is 1. The summed E-state index contributed by atoms with van der Waals surface area (Å²) in [5, 5.41) is 8.31. The van der Waals surface area contributed by atoms with Gasteiger partial charge in [-0.1, -0.05) is 23.7 Å². The van der Waals surface area contributed by atoms with Crippen molar-refractivity contribution in [2.24, 2.45) is 0 Å². The van der Waals surface area contributed by atoms with E-state index in [0.717, 1.165) is 42.5 Å². The summed E-state index contributed by atoms with van der Waals surface area (Å²) in [7, 11) is -4.66. The van der Waals surface area contributed by atoms with Crippen molar-refractivity contribution < 1.29 is 49.4 Å². The van der Waals surface area contributed by atoms with Crippen LogP contribution in [0.25, 0.3) is 0 Å². The number of benzene rings is 2. The number of anilines is 1. The van der Waals surface area contributed by atoms with Gasteiger partial charge in [-0.2, -0.15) is 13.2 Å². The average Bonchev–Trinajstić information content (AvgIpc) is 2.76. The maximum Gasteiger partial charge on any atom is 0.573 e. The smallest absolute Gasteiger partial charge is 0.478 e. The predicted molar refractivity (Wildman–Crippen MR) is 114 cm³/mol. The van der Waals surface area contributed by atoms with Gasteiger partial charge >= 0.3 is 18.5 Å². The van der Waals surface area contributed by atoms with E-state index in [-0.39, 0.29) is 11.1 Å². The Hall–Kier alpha value is -3.52. The average molecular weight is 555 g/mol. The van der Waals surface area contributed by atoms with Gasteiger partial charge in [0.25, 0.3) is 10.0 Å². The van der Waals surface area contributed by atoms with E-state index >= 15 is 0 Å². The molecule has 0 aliphatic carbocycles. The normalized spacial score (nSPS) is 12.3. The van der Waals surface area contributed by atoms with Crippen LogP contribution < -0.4 is 9.04 Å². The van der Waals surface area contributed by atoms with E-state index in [2.05, 4.69) is 9.72 Å². The molecule has 1 aromatic heterocycles. The highest BCUT2D eigenvalue weighted by Gasteiger charge is 2.35.